The van der Waals surface area contributed by atoms with Crippen LogP contribution in [0.15, 0.2) is 0 Å². The molecule has 0 aromatic heterocycles. The Kier molecular flexibility index (Phi) is 3.53. The van der Waals surface area contributed by atoms with Gasteiger partial charge in [0.25, 0.3) is 0 Å². The second-order valence-electron chi connectivity index (χ2n) is 3.51. The van der Waals surface area contributed by atoms with Crippen LogP contribution in [0.2, 0.25) is 0 Å². The topological polar surface area (TPSA) is 49.3 Å². The Hall–Kier alpha value is -0.570. The zero-order chi connectivity index (χ0) is 8.97. The first kappa shape index (κ1) is 9.52. The SMILES string of the molecule is CC(=O)N[C@H]1CCCCC[C@H]1O. The van der Waals surface area contributed by atoms with Crippen LogP contribution in [0.1, 0.15) is 39.0 Å². The third kappa shape index (κ3) is 2.81. The van der Waals surface area contributed by atoms with Crippen LogP contribution in [0.5, 0.6) is 0 Å². The summed E-state index contributed by atoms with van der Waals surface area (Å²) in [5.41, 5.74) is 0. The van der Waals surface area contributed by atoms with Gasteiger partial charge >= 0.3 is 0 Å². The van der Waals surface area contributed by atoms with Gasteiger partial charge in [-0.1, -0.05) is 19.3 Å². The van der Waals surface area contributed by atoms with E-state index in [9.17, 15) is 9.90 Å². The summed E-state index contributed by atoms with van der Waals surface area (Å²) in [6.07, 6.45) is 4.77. The number of aliphatic hydroxyl groups excluding tert-OH is 1. The molecule has 1 rings (SSSR count). The number of hydrogen-bond acceptors (Lipinski definition) is 2. The molecule has 1 amide bonds. The number of carbonyl (C=O) groups is 1. The highest BCUT2D eigenvalue weighted by molar-refractivity contribution is 5.73. The highest BCUT2D eigenvalue weighted by atomic mass is 16.3. The van der Waals surface area contributed by atoms with Crippen molar-refractivity contribution in [2.75, 3.05) is 0 Å². The van der Waals surface area contributed by atoms with Crippen LogP contribution < -0.4 is 5.32 Å². The van der Waals surface area contributed by atoms with Gasteiger partial charge in [-0.25, -0.2) is 0 Å². The minimum atomic E-state index is -0.337. The summed E-state index contributed by atoms with van der Waals surface area (Å²) in [5.74, 6) is -0.0408. The number of hydrogen-bond donors (Lipinski definition) is 2. The first-order valence-electron chi connectivity index (χ1n) is 4.65. The fraction of sp³-hybridized carbons (Fsp3) is 0.889. The van der Waals surface area contributed by atoms with Crippen LogP contribution in [0, 0.1) is 0 Å². The molecule has 1 aliphatic rings. The van der Waals surface area contributed by atoms with Crippen molar-refractivity contribution in [3.63, 3.8) is 0 Å². The van der Waals surface area contributed by atoms with Crippen LogP contribution in [0.3, 0.4) is 0 Å². The van der Waals surface area contributed by atoms with E-state index in [-0.39, 0.29) is 18.1 Å². The molecule has 0 unspecified atom stereocenters. The lowest BCUT2D eigenvalue weighted by Gasteiger charge is -2.20. The fourth-order valence-electron chi connectivity index (χ4n) is 1.72. The first-order chi connectivity index (χ1) is 5.70. The number of nitrogens with one attached hydrogen (secondary N) is 1. The van der Waals surface area contributed by atoms with E-state index in [1.807, 2.05) is 0 Å². The average molecular weight is 171 g/mol. The molecule has 2 atom stereocenters. The van der Waals surface area contributed by atoms with Crippen molar-refractivity contribution in [2.24, 2.45) is 0 Å². The number of amides is 1. The maximum atomic E-state index is 10.7. The molecule has 0 radical (unpaired) electrons. The van der Waals surface area contributed by atoms with E-state index in [0.29, 0.717) is 0 Å². The number of rotatable bonds is 1. The van der Waals surface area contributed by atoms with Gasteiger partial charge in [-0.3, -0.25) is 4.79 Å². The summed E-state index contributed by atoms with van der Waals surface area (Å²) in [7, 11) is 0. The van der Waals surface area contributed by atoms with Gasteiger partial charge in [0, 0.05) is 6.92 Å². The quantitative estimate of drug-likeness (QED) is 0.574. The Labute approximate surface area is 73.2 Å². The summed E-state index contributed by atoms with van der Waals surface area (Å²) >= 11 is 0. The van der Waals surface area contributed by atoms with Crippen molar-refractivity contribution in [3.8, 4) is 0 Å². The standard InChI is InChI=1S/C9H17NO2/c1-7(11)10-8-5-3-2-4-6-9(8)12/h8-9,12H,2-6H2,1H3,(H,10,11)/t8-,9+/m0/s1. The van der Waals surface area contributed by atoms with Gasteiger partial charge in [-0.15, -0.1) is 0 Å². The summed E-state index contributed by atoms with van der Waals surface area (Å²) < 4.78 is 0. The number of carbonyl (C=O) groups excluding carboxylic acids is 1. The lowest BCUT2D eigenvalue weighted by Crippen LogP contribution is -2.41. The minimum Gasteiger partial charge on any atom is -0.391 e. The van der Waals surface area contributed by atoms with Crippen LogP contribution in [-0.2, 0) is 4.79 Å². The van der Waals surface area contributed by atoms with Crippen molar-refractivity contribution in [1.29, 1.82) is 0 Å². The number of aliphatic hydroxyl groups is 1. The predicted molar refractivity (Wildman–Crippen MR) is 46.7 cm³/mol. The van der Waals surface area contributed by atoms with Gasteiger partial charge in [0.15, 0.2) is 0 Å². The van der Waals surface area contributed by atoms with Gasteiger partial charge in [-0.05, 0) is 12.8 Å². The lowest BCUT2D eigenvalue weighted by molar-refractivity contribution is -0.120. The molecule has 12 heavy (non-hydrogen) atoms. The maximum Gasteiger partial charge on any atom is 0.217 e. The summed E-state index contributed by atoms with van der Waals surface area (Å²) in [5, 5.41) is 12.4. The Bertz CT molecular complexity index is 159. The van der Waals surface area contributed by atoms with Crippen molar-refractivity contribution >= 4 is 5.91 Å². The normalized spacial score (nSPS) is 30.8. The van der Waals surface area contributed by atoms with Crippen LogP contribution in [0.4, 0.5) is 0 Å². The Morgan fingerprint density at radius 3 is 2.67 bits per heavy atom. The van der Waals surface area contributed by atoms with Gasteiger partial charge in [-0.2, -0.15) is 0 Å². The Morgan fingerprint density at radius 2 is 2.00 bits per heavy atom. The molecule has 0 saturated heterocycles. The molecule has 0 bridgehead atoms. The molecule has 0 aromatic carbocycles. The van der Waals surface area contributed by atoms with Crippen molar-refractivity contribution in [1.82, 2.24) is 5.32 Å². The largest absolute Gasteiger partial charge is 0.391 e. The lowest BCUT2D eigenvalue weighted by atomic mass is 10.1. The molecule has 0 aromatic rings. The predicted octanol–water partition coefficient (Wildman–Crippen LogP) is 0.816. The van der Waals surface area contributed by atoms with E-state index in [0.717, 1.165) is 25.7 Å². The zero-order valence-electron chi connectivity index (χ0n) is 7.55. The van der Waals surface area contributed by atoms with E-state index < -0.39 is 0 Å². The molecule has 1 saturated carbocycles. The van der Waals surface area contributed by atoms with Gasteiger partial charge in [0.2, 0.25) is 5.91 Å². The Morgan fingerprint density at radius 1 is 1.33 bits per heavy atom. The molecule has 2 N–H and O–H groups in total. The summed E-state index contributed by atoms with van der Waals surface area (Å²) in [6, 6.07) is -0.00926. The molecule has 0 heterocycles. The minimum absolute atomic E-state index is 0.00926. The van der Waals surface area contributed by atoms with Crippen LogP contribution in [0.25, 0.3) is 0 Å². The molecular weight excluding hydrogens is 154 g/mol. The first-order valence-corrected chi connectivity index (χ1v) is 4.65. The van der Waals surface area contributed by atoms with Gasteiger partial charge in [0.05, 0.1) is 12.1 Å². The highest BCUT2D eigenvalue weighted by Gasteiger charge is 2.21. The van der Waals surface area contributed by atoms with E-state index in [2.05, 4.69) is 5.32 Å². The van der Waals surface area contributed by atoms with Gasteiger partial charge < -0.3 is 10.4 Å². The highest BCUT2D eigenvalue weighted by Crippen LogP contribution is 2.17. The smallest absolute Gasteiger partial charge is 0.217 e. The average Bonchev–Trinajstić information content (AvgIpc) is 2.16. The molecule has 3 heteroatoms. The summed E-state index contributed by atoms with van der Waals surface area (Å²) in [4.78, 5) is 10.7. The third-order valence-corrected chi connectivity index (χ3v) is 2.37. The second-order valence-corrected chi connectivity index (χ2v) is 3.51. The molecule has 70 valence electrons. The fourth-order valence-corrected chi connectivity index (χ4v) is 1.72. The molecule has 0 spiro atoms. The third-order valence-electron chi connectivity index (χ3n) is 2.37. The van der Waals surface area contributed by atoms with Crippen molar-refractivity contribution < 1.29 is 9.90 Å². The summed E-state index contributed by atoms with van der Waals surface area (Å²) in [6.45, 7) is 1.50. The molecular formula is C9H17NO2. The van der Waals surface area contributed by atoms with E-state index >= 15 is 0 Å². The molecule has 1 fully saturated rings. The molecule has 0 aliphatic heterocycles. The second kappa shape index (κ2) is 4.45. The van der Waals surface area contributed by atoms with E-state index in [4.69, 9.17) is 0 Å². The van der Waals surface area contributed by atoms with Crippen molar-refractivity contribution in [2.45, 2.75) is 51.2 Å². The van der Waals surface area contributed by atoms with Gasteiger partial charge in [0.1, 0.15) is 0 Å². The zero-order valence-corrected chi connectivity index (χ0v) is 7.55. The maximum absolute atomic E-state index is 10.7. The Balaban J connectivity index is 2.41. The monoisotopic (exact) mass is 171 g/mol. The van der Waals surface area contributed by atoms with Crippen molar-refractivity contribution in [3.05, 3.63) is 0 Å². The van der Waals surface area contributed by atoms with Crippen LogP contribution >= 0.6 is 0 Å². The van der Waals surface area contributed by atoms with Crippen LogP contribution in [-0.4, -0.2) is 23.2 Å². The van der Waals surface area contributed by atoms with E-state index in [1.165, 1.54) is 13.3 Å². The molecule has 1 aliphatic carbocycles. The van der Waals surface area contributed by atoms with E-state index in [1.54, 1.807) is 0 Å². The molecule has 3 nitrogen and oxygen atoms in total.